The fourth-order valence-electron chi connectivity index (χ4n) is 0.362. The fourth-order valence-corrected chi connectivity index (χ4v) is 1.09. The third-order valence-electron chi connectivity index (χ3n) is 0.710. The molecule has 1 aliphatic rings. The molecular formula is C4H4N2OS. The molecule has 1 atom stereocenters. The molecule has 3 nitrogen and oxygen atoms in total. The van der Waals surface area contributed by atoms with Crippen molar-refractivity contribution >= 4 is 16.7 Å². The second-order valence-electron chi connectivity index (χ2n) is 1.27. The van der Waals surface area contributed by atoms with Crippen molar-refractivity contribution in [1.29, 1.82) is 5.26 Å². The first-order valence-electron chi connectivity index (χ1n) is 1.95. The van der Waals surface area contributed by atoms with E-state index < -0.39 is 10.5 Å². The molecule has 0 amide bonds. The van der Waals surface area contributed by atoms with Crippen molar-refractivity contribution in [3.63, 3.8) is 0 Å². The van der Waals surface area contributed by atoms with Crippen LogP contribution in [-0.4, -0.2) is 10.8 Å². The molecule has 0 aromatic rings. The van der Waals surface area contributed by atoms with Gasteiger partial charge in [-0.05, 0) is 6.08 Å². The molecule has 0 fully saturated rings. The minimum absolute atomic E-state index is 1.41. The van der Waals surface area contributed by atoms with Gasteiger partial charge in [0.15, 0.2) is 5.40 Å². The van der Waals surface area contributed by atoms with Crippen LogP contribution in [0.4, 0.5) is 0 Å². The molecule has 0 aromatic carbocycles. The van der Waals surface area contributed by atoms with Crippen molar-refractivity contribution in [2.45, 2.75) is 0 Å². The maximum Gasteiger partial charge on any atom is 0.163 e. The number of allylic oxidation sites excluding steroid dienone is 1. The second-order valence-corrected chi connectivity index (χ2v) is 3.12. The van der Waals surface area contributed by atoms with E-state index in [2.05, 4.69) is 4.40 Å². The molecule has 0 radical (unpaired) electrons. The monoisotopic (exact) mass is 128 g/mol. The molecule has 1 heterocycles. The number of thiocyanates is 1. The van der Waals surface area contributed by atoms with Crippen molar-refractivity contribution in [1.82, 2.24) is 0 Å². The van der Waals surface area contributed by atoms with Crippen LogP contribution in [-0.2, 0) is 0 Å². The molecule has 0 saturated heterocycles. The van der Waals surface area contributed by atoms with Gasteiger partial charge in [-0.25, -0.2) is 4.40 Å². The highest BCUT2D eigenvalue weighted by molar-refractivity contribution is 8.34. The topological polar surface area (TPSA) is 56.4 Å². The Balaban J connectivity index is 2.89. The Morgan fingerprint density at radius 2 is 2.50 bits per heavy atom. The second kappa shape index (κ2) is 1.62. The molecule has 8 heavy (non-hydrogen) atoms. The summed E-state index contributed by atoms with van der Waals surface area (Å²) in [5.74, 6) is 0. The van der Waals surface area contributed by atoms with E-state index in [-0.39, 0.29) is 0 Å². The number of rotatable bonds is 0. The third kappa shape index (κ3) is 0.735. The van der Waals surface area contributed by atoms with Crippen LogP contribution < -0.4 is 0 Å². The van der Waals surface area contributed by atoms with Crippen LogP contribution in [0.2, 0.25) is 0 Å². The van der Waals surface area contributed by atoms with Gasteiger partial charge in [0, 0.05) is 11.6 Å². The van der Waals surface area contributed by atoms with E-state index in [9.17, 15) is 0 Å². The van der Waals surface area contributed by atoms with Crippen molar-refractivity contribution in [2.24, 2.45) is 4.40 Å². The highest BCUT2D eigenvalue weighted by Crippen LogP contribution is 2.46. The smallest absolute Gasteiger partial charge is 0.163 e. The molecule has 4 heteroatoms. The van der Waals surface area contributed by atoms with Crippen LogP contribution >= 0.6 is 10.5 Å². The van der Waals surface area contributed by atoms with E-state index >= 15 is 0 Å². The van der Waals surface area contributed by atoms with Gasteiger partial charge >= 0.3 is 0 Å². The summed E-state index contributed by atoms with van der Waals surface area (Å²) >= 11 is 0. The molecule has 0 aliphatic carbocycles. The van der Waals surface area contributed by atoms with E-state index in [4.69, 9.17) is 9.81 Å². The number of nitriles is 1. The summed E-state index contributed by atoms with van der Waals surface area (Å²) in [6.45, 7) is 0. The quantitative estimate of drug-likeness (QED) is 0.499. The Kier molecular flexibility index (Phi) is 1.08. The predicted octanol–water partition coefficient (Wildman–Crippen LogP) is 1.26. The highest BCUT2D eigenvalue weighted by Gasteiger charge is 2.14. The van der Waals surface area contributed by atoms with E-state index in [0.29, 0.717) is 0 Å². The third-order valence-corrected chi connectivity index (χ3v) is 1.96. The molecule has 1 unspecified atom stereocenters. The summed E-state index contributed by atoms with van der Waals surface area (Å²) in [7, 11) is -2.35. The molecule has 1 aliphatic heterocycles. The fraction of sp³-hybridized carbons (Fsp3) is 0. The lowest BCUT2D eigenvalue weighted by molar-refractivity contribution is 0.647. The van der Waals surface area contributed by atoms with Gasteiger partial charge in [0.05, 0.1) is 10.5 Å². The maximum atomic E-state index is 8.94. The first-order chi connectivity index (χ1) is 3.77. The van der Waals surface area contributed by atoms with Crippen LogP contribution in [0.1, 0.15) is 0 Å². The summed E-state index contributed by atoms with van der Waals surface area (Å²) in [4.78, 5) is 0. The Bertz CT molecular complexity index is 179. The first kappa shape index (κ1) is 5.35. The van der Waals surface area contributed by atoms with Gasteiger partial charge in [-0.15, -0.1) is 0 Å². The van der Waals surface area contributed by atoms with E-state index in [1.54, 1.807) is 11.5 Å². The minimum Gasteiger partial charge on any atom is -0.317 e. The summed E-state index contributed by atoms with van der Waals surface area (Å²) in [6, 6.07) is 0. The largest absolute Gasteiger partial charge is 0.317 e. The predicted molar refractivity (Wildman–Crippen MR) is 33.5 cm³/mol. The average Bonchev–Trinajstić information content (AvgIpc) is 2.17. The standard InChI is InChI=1S/C4H4N2OS/c5-4-8(7)3-1-2-6-8/h1-3,7H. The van der Waals surface area contributed by atoms with Crippen molar-refractivity contribution in [2.75, 3.05) is 0 Å². The molecule has 0 aromatic heterocycles. The minimum atomic E-state index is -2.35. The van der Waals surface area contributed by atoms with Crippen LogP contribution in [0.5, 0.6) is 0 Å². The zero-order chi connectivity index (χ0) is 6.04. The van der Waals surface area contributed by atoms with Crippen LogP contribution in [0, 0.1) is 10.7 Å². The summed E-state index contributed by atoms with van der Waals surface area (Å²) in [5, 5.41) is 11.3. The zero-order valence-corrected chi connectivity index (χ0v) is 4.80. The molecule has 1 N–H and O–H groups in total. The lowest BCUT2D eigenvalue weighted by Gasteiger charge is -2.08. The lowest BCUT2D eigenvalue weighted by Crippen LogP contribution is -1.78. The summed E-state index contributed by atoms with van der Waals surface area (Å²) < 4.78 is 12.5. The van der Waals surface area contributed by atoms with Gasteiger partial charge in [-0.3, -0.25) is 0 Å². The van der Waals surface area contributed by atoms with Gasteiger partial charge < -0.3 is 4.55 Å². The van der Waals surface area contributed by atoms with Gasteiger partial charge in [0.1, 0.15) is 0 Å². The van der Waals surface area contributed by atoms with E-state index in [1.165, 1.54) is 11.6 Å². The Morgan fingerprint density at radius 1 is 1.75 bits per heavy atom. The van der Waals surface area contributed by atoms with Crippen LogP contribution in [0.15, 0.2) is 15.9 Å². The highest BCUT2D eigenvalue weighted by atomic mass is 32.3. The Hall–Kier alpha value is -0.790. The Labute approximate surface area is 48.6 Å². The molecule has 1 rings (SSSR count). The lowest BCUT2D eigenvalue weighted by atomic mass is 10.7. The van der Waals surface area contributed by atoms with Gasteiger partial charge in [0.25, 0.3) is 0 Å². The summed E-state index contributed by atoms with van der Waals surface area (Å²) in [5.41, 5.74) is 0. The van der Waals surface area contributed by atoms with Crippen LogP contribution in [0.25, 0.3) is 0 Å². The van der Waals surface area contributed by atoms with Gasteiger partial charge in [0.2, 0.25) is 0 Å². The number of nitrogens with zero attached hydrogens (tertiary/aromatic N) is 2. The molecule has 0 spiro atoms. The van der Waals surface area contributed by atoms with Crippen molar-refractivity contribution in [3.05, 3.63) is 11.5 Å². The van der Waals surface area contributed by atoms with Crippen molar-refractivity contribution < 1.29 is 4.55 Å². The molecule has 42 valence electrons. The number of hydrogen-bond donors (Lipinski definition) is 1. The number of hydrogen-bond acceptors (Lipinski definition) is 3. The van der Waals surface area contributed by atoms with Crippen molar-refractivity contribution in [3.8, 4) is 5.40 Å². The van der Waals surface area contributed by atoms with Gasteiger partial charge in [-0.1, -0.05) is 0 Å². The maximum absolute atomic E-state index is 8.94. The Morgan fingerprint density at radius 3 is 2.75 bits per heavy atom. The molecule has 0 saturated carbocycles. The van der Waals surface area contributed by atoms with Crippen LogP contribution in [0.3, 0.4) is 0 Å². The van der Waals surface area contributed by atoms with Gasteiger partial charge in [-0.2, -0.15) is 5.26 Å². The SMILES string of the molecule is N#CS1(O)C=CC=N1. The molecule has 0 bridgehead atoms. The zero-order valence-electron chi connectivity index (χ0n) is 3.98. The first-order valence-corrected chi connectivity index (χ1v) is 3.56. The van der Waals surface area contributed by atoms with E-state index in [1.807, 2.05) is 0 Å². The normalized spacial score (nSPS) is 41.0. The average molecular weight is 128 g/mol. The molecular weight excluding hydrogens is 124 g/mol. The van der Waals surface area contributed by atoms with E-state index in [0.717, 1.165) is 0 Å². The summed E-state index contributed by atoms with van der Waals surface area (Å²) in [6.07, 6.45) is 3.00.